The Morgan fingerprint density at radius 3 is 2.62 bits per heavy atom. The first-order valence-electron chi connectivity index (χ1n) is 4.23. The van der Waals surface area contributed by atoms with Gasteiger partial charge in [-0.1, -0.05) is 6.92 Å². The molecule has 0 saturated carbocycles. The molecule has 1 aromatic rings. The van der Waals surface area contributed by atoms with Crippen LogP contribution in [0.5, 0.6) is 0 Å². The smallest absolute Gasteiger partial charge is 0.315 e. The summed E-state index contributed by atoms with van der Waals surface area (Å²) in [6, 6.07) is 0. The highest BCUT2D eigenvalue weighted by molar-refractivity contribution is 5.71. The van der Waals surface area contributed by atoms with Crippen LogP contribution in [-0.2, 0) is 22.4 Å². The van der Waals surface area contributed by atoms with Crippen LogP contribution in [0, 0.1) is 0 Å². The standard InChI is InChI=1S/C8H12N2O3/c1-3-6-9-10-7(13-6)5-8(11)12-4-2/h3-5H2,1-2H3. The zero-order chi connectivity index (χ0) is 9.68. The number of nitrogens with zero attached hydrogens (tertiary/aromatic N) is 2. The van der Waals surface area contributed by atoms with E-state index in [0.717, 1.165) is 0 Å². The van der Waals surface area contributed by atoms with Gasteiger partial charge < -0.3 is 9.15 Å². The first-order chi connectivity index (χ1) is 6.26. The average molecular weight is 184 g/mol. The normalized spacial score (nSPS) is 10.0. The molecule has 0 unspecified atom stereocenters. The number of aromatic nitrogens is 2. The summed E-state index contributed by atoms with van der Waals surface area (Å²) in [5.74, 6) is 0.517. The lowest BCUT2D eigenvalue weighted by atomic mass is 10.4. The Hall–Kier alpha value is -1.39. The number of rotatable bonds is 4. The van der Waals surface area contributed by atoms with Crippen LogP contribution in [0.1, 0.15) is 25.6 Å². The number of hydrogen-bond donors (Lipinski definition) is 0. The van der Waals surface area contributed by atoms with Crippen LogP contribution in [0.15, 0.2) is 4.42 Å². The second kappa shape index (κ2) is 4.59. The van der Waals surface area contributed by atoms with Gasteiger partial charge in [0, 0.05) is 6.42 Å². The Bertz CT molecular complexity index is 283. The van der Waals surface area contributed by atoms with E-state index in [1.807, 2.05) is 6.92 Å². The lowest BCUT2D eigenvalue weighted by Crippen LogP contribution is -2.07. The van der Waals surface area contributed by atoms with Crippen LogP contribution >= 0.6 is 0 Å². The van der Waals surface area contributed by atoms with Gasteiger partial charge in [0.05, 0.1) is 6.61 Å². The highest BCUT2D eigenvalue weighted by Crippen LogP contribution is 2.01. The largest absolute Gasteiger partial charge is 0.466 e. The first-order valence-corrected chi connectivity index (χ1v) is 4.23. The quantitative estimate of drug-likeness (QED) is 0.645. The Labute approximate surface area is 76.1 Å². The minimum atomic E-state index is -0.339. The molecule has 1 heterocycles. The third-order valence-corrected chi connectivity index (χ3v) is 1.41. The molecule has 72 valence electrons. The van der Waals surface area contributed by atoms with Gasteiger partial charge in [0.25, 0.3) is 0 Å². The SMILES string of the molecule is CCOC(=O)Cc1nnc(CC)o1. The molecule has 0 spiro atoms. The fourth-order valence-corrected chi connectivity index (χ4v) is 0.838. The van der Waals surface area contributed by atoms with Crippen LogP contribution in [0.4, 0.5) is 0 Å². The van der Waals surface area contributed by atoms with Crippen molar-refractivity contribution in [1.29, 1.82) is 0 Å². The molecule has 0 bridgehead atoms. The maximum Gasteiger partial charge on any atom is 0.315 e. The third-order valence-electron chi connectivity index (χ3n) is 1.41. The molecule has 1 aromatic heterocycles. The van der Waals surface area contributed by atoms with E-state index < -0.39 is 0 Å². The van der Waals surface area contributed by atoms with Gasteiger partial charge in [0.2, 0.25) is 11.8 Å². The van der Waals surface area contributed by atoms with E-state index in [4.69, 9.17) is 9.15 Å². The molecule has 0 saturated heterocycles. The number of carbonyl (C=O) groups is 1. The Morgan fingerprint density at radius 2 is 2.08 bits per heavy atom. The van der Waals surface area contributed by atoms with Gasteiger partial charge in [0.1, 0.15) is 6.42 Å². The number of esters is 1. The Morgan fingerprint density at radius 1 is 1.38 bits per heavy atom. The van der Waals surface area contributed by atoms with Crippen molar-refractivity contribution in [3.05, 3.63) is 11.8 Å². The fourth-order valence-electron chi connectivity index (χ4n) is 0.838. The van der Waals surface area contributed by atoms with Crippen molar-refractivity contribution in [3.63, 3.8) is 0 Å². The first kappa shape index (κ1) is 9.70. The van der Waals surface area contributed by atoms with Crippen molar-refractivity contribution >= 4 is 5.97 Å². The molecule has 0 fully saturated rings. The fraction of sp³-hybridized carbons (Fsp3) is 0.625. The number of aryl methyl sites for hydroxylation is 1. The van der Waals surface area contributed by atoms with Gasteiger partial charge in [0.15, 0.2) is 0 Å². The molecule has 5 heteroatoms. The van der Waals surface area contributed by atoms with Crippen molar-refractivity contribution < 1.29 is 13.9 Å². The van der Waals surface area contributed by atoms with Gasteiger partial charge in [-0.2, -0.15) is 0 Å². The molecular formula is C8H12N2O3. The molecule has 0 amide bonds. The van der Waals surface area contributed by atoms with Crippen molar-refractivity contribution in [1.82, 2.24) is 10.2 Å². The summed E-state index contributed by atoms with van der Waals surface area (Å²) in [6.07, 6.45) is 0.733. The number of ether oxygens (including phenoxy) is 1. The molecule has 0 N–H and O–H groups in total. The third kappa shape index (κ3) is 2.85. The van der Waals surface area contributed by atoms with E-state index >= 15 is 0 Å². The van der Waals surface area contributed by atoms with E-state index in [9.17, 15) is 4.79 Å². The molecule has 1 rings (SSSR count). The van der Waals surface area contributed by atoms with Crippen LogP contribution < -0.4 is 0 Å². The van der Waals surface area contributed by atoms with E-state index in [2.05, 4.69) is 10.2 Å². The van der Waals surface area contributed by atoms with Crippen molar-refractivity contribution in [3.8, 4) is 0 Å². The van der Waals surface area contributed by atoms with Crippen molar-refractivity contribution in [2.24, 2.45) is 0 Å². The maximum atomic E-state index is 11.0. The molecule has 0 aliphatic carbocycles. The van der Waals surface area contributed by atoms with E-state index in [1.54, 1.807) is 6.92 Å². The lowest BCUT2D eigenvalue weighted by molar-refractivity contribution is -0.142. The van der Waals surface area contributed by atoms with Gasteiger partial charge in [-0.05, 0) is 6.92 Å². The van der Waals surface area contributed by atoms with Crippen LogP contribution in [0.3, 0.4) is 0 Å². The summed E-state index contributed by atoms with van der Waals surface area (Å²) in [5.41, 5.74) is 0. The molecule has 0 aliphatic heterocycles. The number of carbonyl (C=O) groups excluding carboxylic acids is 1. The highest BCUT2D eigenvalue weighted by Gasteiger charge is 2.10. The van der Waals surface area contributed by atoms with Crippen molar-refractivity contribution in [2.75, 3.05) is 6.61 Å². The van der Waals surface area contributed by atoms with Gasteiger partial charge in [-0.25, -0.2) is 0 Å². The molecule has 0 radical (unpaired) electrons. The summed E-state index contributed by atoms with van der Waals surface area (Å²) < 4.78 is 9.85. The monoisotopic (exact) mass is 184 g/mol. The molecule has 0 aliphatic rings. The van der Waals surface area contributed by atoms with Gasteiger partial charge in [-0.15, -0.1) is 10.2 Å². The van der Waals surface area contributed by atoms with E-state index in [0.29, 0.717) is 24.8 Å². The molecular weight excluding hydrogens is 172 g/mol. The lowest BCUT2D eigenvalue weighted by Gasteiger charge is -1.96. The van der Waals surface area contributed by atoms with Crippen LogP contribution in [0.25, 0.3) is 0 Å². The molecule has 0 aromatic carbocycles. The zero-order valence-electron chi connectivity index (χ0n) is 7.74. The van der Waals surface area contributed by atoms with Crippen molar-refractivity contribution in [2.45, 2.75) is 26.7 Å². The summed E-state index contributed by atoms with van der Waals surface area (Å²) >= 11 is 0. The molecule has 5 nitrogen and oxygen atoms in total. The molecule has 13 heavy (non-hydrogen) atoms. The second-order valence-electron chi connectivity index (χ2n) is 2.42. The average Bonchev–Trinajstić information content (AvgIpc) is 2.52. The Balaban J connectivity index is 2.49. The van der Waals surface area contributed by atoms with Crippen LogP contribution in [0.2, 0.25) is 0 Å². The van der Waals surface area contributed by atoms with E-state index in [1.165, 1.54) is 0 Å². The van der Waals surface area contributed by atoms with Gasteiger partial charge in [-0.3, -0.25) is 4.79 Å². The summed E-state index contributed by atoms with van der Waals surface area (Å²) in [6.45, 7) is 4.03. The van der Waals surface area contributed by atoms with Gasteiger partial charge >= 0.3 is 5.97 Å². The topological polar surface area (TPSA) is 65.2 Å². The minimum Gasteiger partial charge on any atom is -0.466 e. The number of hydrogen-bond acceptors (Lipinski definition) is 5. The van der Waals surface area contributed by atoms with Crippen LogP contribution in [-0.4, -0.2) is 22.8 Å². The minimum absolute atomic E-state index is 0.0564. The summed E-state index contributed by atoms with van der Waals surface area (Å²) in [7, 11) is 0. The summed E-state index contributed by atoms with van der Waals surface area (Å²) in [4.78, 5) is 11.0. The van der Waals surface area contributed by atoms with E-state index in [-0.39, 0.29) is 12.4 Å². The molecule has 0 atom stereocenters. The second-order valence-corrected chi connectivity index (χ2v) is 2.42. The maximum absolute atomic E-state index is 11.0. The zero-order valence-corrected chi connectivity index (χ0v) is 7.74. The Kier molecular flexibility index (Phi) is 3.42. The highest BCUT2D eigenvalue weighted by atomic mass is 16.5. The summed E-state index contributed by atoms with van der Waals surface area (Å²) in [5, 5.41) is 7.42. The predicted octanol–water partition coefficient (Wildman–Crippen LogP) is 0.738. The predicted molar refractivity (Wildman–Crippen MR) is 44.0 cm³/mol.